The summed E-state index contributed by atoms with van der Waals surface area (Å²) in [5, 5.41) is 12.8. The van der Waals surface area contributed by atoms with Crippen LogP contribution in [0.2, 0.25) is 0 Å². The van der Waals surface area contributed by atoms with Gasteiger partial charge in [0.25, 0.3) is 0 Å². The van der Waals surface area contributed by atoms with Gasteiger partial charge in [0.05, 0.1) is 6.54 Å². The number of nitrogens with zero attached hydrogens (tertiary/aromatic N) is 4. The monoisotopic (exact) mass is 292 g/mol. The molecule has 3 aromatic rings. The number of aromatic nitrogens is 4. The third-order valence-electron chi connectivity index (χ3n) is 3.81. The highest BCUT2D eigenvalue weighted by molar-refractivity contribution is 5.58. The van der Waals surface area contributed by atoms with Crippen molar-refractivity contribution in [2.75, 3.05) is 0 Å². The highest BCUT2D eigenvalue weighted by Gasteiger charge is 2.08. The smallest absolute Gasteiger partial charge is 0.159 e. The Bertz CT molecular complexity index is 757. The first-order chi connectivity index (χ1) is 10.6. The van der Waals surface area contributed by atoms with Crippen molar-refractivity contribution in [2.45, 2.75) is 33.2 Å². The van der Waals surface area contributed by atoms with Crippen LogP contribution in [0.3, 0.4) is 0 Å². The second-order valence-electron chi connectivity index (χ2n) is 5.85. The minimum Gasteiger partial charge on any atom is -0.159 e. The maximum atomic E-state index is 4.49. The summed E-state index contributed by atoms with van der Waals surface area (Å²) >= 11 is 0. The van der Waals surface area contributed by atoms with Gasteiger partial charge in [-0.15, -0.1) is 10.2 Å². The summed E-state index contributed by atoms with van der Waals surface area (Å²) in [7, 11) is 0. The second-order valence-corrected chi connectivity index (χ2v) is 5.85. The molecule has 4 nitrogen and oxygen atoms in total. The molecule has 0 aliphatic heterocycles. The maximum Gasteiger partial charge on any atom is 0.205 e. The lowest BCUT2D eigenvalue weighted by Gasteiger charge is -2.06. The molecule has 0 amide bonds. The average molecular weight is 292 g/mol. The van der Waals surface area contributed by atoms with Crippen molar-refractivity contribution in [1.29, 1.82) is 0 Å². The number of rotatable bonds is 4. The van der Waals surface area contributed by atoms with E-state index in [0.29, 0.717) is 18.3 Å². The molecule has 0 radical (unpaired) electrons. The van der Waals surface area contributed by atoms with Crippen molar-refractivity contribution in [3.8, 4) is 11.4 Å². The summed E-state index contributed by atoms with van der Waals surface area (Å²) in [5.41, 5.74) is 4.71. The van der Waals surface area contributed by atoms with Crippen LogP contribution in [0, 0.1) is 6.92 Å². The van der Waals surface area contributed by atoms with Gasteiger partial charge in [0.15, 0.2) is 0 Å². The van der Waals surface area contributed by atoms with E-state index in [1.807, 2.05) is 18.2 Å². The van der Waals surface area contributed by atoms with E-state index in [9.17, 15) is 0 Å². The zero-order valence-corrected chi connectivity index (χ0v) is 13.2. The van der Waals surface area contributed by atoms with Crippen LogP contribution in [-0.2, 0) is 6.54 Å². The Morgan fingerprint density at radius 1 is 1.00 bits per heavy atom. The van der Waals surface area contributed by atoms with Crippen molar-refractivity contribution in [2.24, 2.45) is 0 Å². The Labute approximate surface area is 130 Å². The summed E-state index contributed by atoms with van der Waals surface area (Å²) < 4.78 is 0. The molecule has 2 aromatic carbocycles. The number of tetrazole rings is 1. The summed E-state index contributed by atoms with van der Waals surface area (Å²) in [5.74, 6) is 1.23. The number of benzene rings is 2. The van der Waals surface area contributed by atoms with Gasteiger partial charge in [-0.25, -0.2) is 0 Å². The summed E-state index contributed by atoms with van der Waals surface area (Å²) in [6.07, 6.45) is 0. The minimum absolute atomic E-state index is 0.547. The summed E-state index contributed by atoms with van der Waals surface area (Å²) in [6, 6.07) is 16.7. The lowest BCUT2D eigenvalue weighted by atomic mass is 10.0. The Balaban J connectivity index is 1.78. The van der Waals surface area contributed by atoms with Gasteiger partial charge in [0.2, 0.25) is 5.82 Å². The number of hydrogen-bond donors (Lipinski definition) is 0. The fourth-order valence-electron chi connectivity index (χ4n) is 2.41. The van der Waals surface area contributed by atoms with Crippen molar-refractivity contribution in [1.82, 2.24) is 20.2 Å². The number of aryl methyl sites for hydroxylation is 1. The molecule has 0 bridgehead atoms. The molecule has 0 fully saturated rings. The fraction of sp³-hybridized carbons (Fsp3) is 0.278. The second kappa shape index (κ2) is 6.10. The molecule has 112 valence electrons. The molecule has 22 heavy (non-hydrogen) atoms. The van der Waals surface area contributed by atoms with Crippen LogP contribution < -0.4 is 0 Å². The van der Waals surface area contributed by atoms with Crippen LogP contribution in [-0.4, -0.2) is 20.2 Å². The SMILES string of the molecule is Cc1ccccc1-c1nnn(Cc2ccc(C(C)C)cc2)n1. The van der Waals surface area contributed by atoms with Crippen molar-refractivity contribution >= 4 is 0 Å². The third kappa shape index (κ3) is 3.06. The topological polar surface area (TPSA) is 43.6 Å². The zero-order valence-electron chi connectivity index (χ0n) is 13.2. The first kappa shape index (κ1) is 14.4. The quantitative estimate of drug-likeness (QED) is 0.734. The molecule has 0 saturated carbocycles. The van der Waals surface area contributed by atoms with Crippen molar-refractivity contribution in [3.63, 3.8) is 0 Å². The molecule has 0 aliphatic carbocycles. The van der Waals surface area contributed by atoms with Crippen molar-refractivity contribution < 1.29 is 0 Å². The summed E-state index contributed by atoms with van der Waals surface area (Å²) in [6.45, 7) is 7.09. The van der Waals surface area contributed by atoms with Gasteiger partial charge in [0, 0.05) is 5.56 Å². The highest BCUT2D eigenvalue weighted by atomic mass is 15.6. The largest absolute Gasteiger partial charge is 0.205 e. The van der Waals surface area contributed by atoms with E-state index in [1.165, 1.54) is 11.1 Å². The molecule has 0 atom stereocenters. The van der Waals surface area contributed by atoms with Gasteiger partial charge < -0.3 is 0 Å². The Morgan fingerprint density at radius 2 is 1.73 bits per heavy atom. The summed E-state index contributed by atoms with van der Waals surface area (Å²) in [4.78, 5) is 1.64. The predicted molar refractivity (Wildman–Crippen MR) is 87.6 cm³/mol. The van der Waals surface area contributed by atoms with Crippen LogP contribution in [0.4, 0.5) is 0 Å². The maximum absolute atomic E-state index is 4.49. The molecular weight excluding hydrogens is 272 g/mol. The van der Waals surface area contributed by atoms with Gasteiger partial charge in [-0.3, -0.25) is 0 Å². The molecule has 0 aliphatic rings. The molecule has 3 rings (SSSR count). The molecule has 0 unspecified atom stereocenters. The van der Waals surface area contributed by atoms with Gasteiger partial charge in [-0.2, -0.15) is 4.80 Å². The van der Waals surface area contributed by atoms with Crippen LogP contribution >= 0.6 is 0 Å². The minimum atomic E-state index is 0.547. The Morgan fingerprint density at radius 3 is 2.41 bits per heavy atom. The van der Waals surface area contributed by atoms with Gasteiger partial charge >= 0.3 is 0 Å². The molecule has 1 heterocycles. The molecule has 0 saturated heterocycles. The van der Waals surface area contributed by atoms with Crippen molar-refractivity contribution in [3.05, 3.63) is 65.2 Å². The highest BCUT2D eigenvalue weighted by Crippen LogP contribution is 2.18. The van der Waals surface area contributed by atoms with Crippen LogP contribution in [0.5, 0.6) is 0 Å². The van der Waals surface area contributed by atoms with Crippen LogP contribution in [0.1, 0.15) is 36.5 Å². The van der Waals surface area contributed by atoms with E-state index in [-0.39, 0.29) is 0 Å². The fourth-order valence-corrected chi connectivity index (χ4v) is 2.41. The predicted octanol–water partition coefficient (Wildman–Crippen LogP) is 3.82. The lowest BCUT2D eigenvalue weighted by molar-refractivity contribution is 0.572. The first-order valence-electron chi connectivity index (χ1n) is 7.56. The zero-order chi connectivity index (χ0) is 15.5. The van der Waals surface area contributed by atoms with E-state index in [2.05, 4.69) is 66.5 Å². The van der Waals surface area contributed by atoms with Crippen LogP contribution in [0.15, 0.2) is 48.5 Å². The standard InChI is InChI=1S/C18H20N4/c1-13(2)16-10-8-15(9-11-16)12-22-20-18(19-21-22)17-7-5-4-6-14(17)3/h4-11,13H,12H2,1-3H3. The van der Waals surface area contributed by atoms with E-state index < -0.39 is 0 Å². The van der Waals surface area contributed by atoms with Gasteiger partial charge in [-0.1, -0.05) is 62.4 Å². The normalized spacial score (nSPS) is 11.1. The first-order valence-corrected chi connectivity index (χ1v) is 7.56. The Hall–Kier alpha value is -2.49. The van der Waals surface area contributed by atoms with E-state index in [1.54, 1.807) is 4.80 Å². The average Bonchev–Trinajstić information content (AvgIpc) is 2.96. The van der Waals surface area contributed by atoms with E-state index in [4.69, 9.17) is 0 Å². The molecule has 0 spiro atoms. The molecule has 1 aromatic heterocycles. The molecular formula is C18H20N4. The van der Waals surface area contributed by atoms with Gasteiger partial charge in [0.1, 0.15) is 0 Å². The van der Waals surface area contributed by atoms with Gasteiger partial charge in [-0.05, 0) is 34.7 Å². The van der Waals surface area contributed by atoms with E-state index >= 15 is 0 Å². The Kier molecular flexibility index (Phi) is 4.00. The number of hydrogen-bond acceptors (Lipinski definition) is 3. The lowest BCUT2D eigenvalue weighted by Crippen LogP contribution is -2.04. The molecule has 0 N–H and O–H groups in total. The van der Waals surface area contributed by atoms with E-state index in [0.717, 1.165) is 11.1 Å². The van der Waals surface area contributed by atoms with Crippen LogP contribution in [0.25, 0.3) is 11.4 Å². The third-order valence-corrected chi connectivity index (χ3v) is 3.81. The molecule has 4 heteroatoms.